The minimum Gasteiger partial charge on any atom is -0.328 e. The van der Waals surface area contributed by atoms with E-state index in [-0.39, 0.29) is 18.1 Å². The van der Waals surface area contributed by atoms with Crippen molar-refractivity contribution in [3.05, 3.63) is 0 Å². The van der Waals surface area contributed by atoms with Crippen molar-refractivity contribution < 1.29 is 17.6 Å². The summed E-state index contributed by atoms with van der Waals surface area (Å²) in [6, 6.07) is -0.0225. The first kappa shape index (κ1) is 12.1. The van der Waals surface area contributed by atoms with E-state index in [4.69, 9.17) is 5.73 Å². The Morgan fingerprint density at radius 2 is 1.69 bits per heavy atom. The van der Waals surface area contributed by atoms with Crippen molar-refractivity contribution in [2.45, 2.75) is 56.2 Å². The lowest BCUT2D eigenvalue weighted by Gasteiger charge is -2.39. The molecule has 0 saturated carbocycles. The van der Waals surface area contributed by atoms with E-state index in [2.05, 4.69) is 0 Å². The van der Waals surface area contributed by atoms with Crippen LogP contribution in [0.4, 0.5) is 17.6 Å². The zero-order chi connectivity index (χ0) is 11.9. The smallest absolute Gasteiger partial charge is 0.319 e. The van der Waals surface area contributed by atoms with Gasteiger partial charge in [0.05, 0.1) is 6.54 Å². The van der Waals surface area contributed by atoms with Crippen LogP contribution in [0.1, 0.15) is 25.7 Å². The number of hydrogen-bond donors (Lipinski definition) is 1. The van der Waals surface area contributed by atoms with Crippen molar-refractivity contribution in [1.29, 1.82) is 0 Å². The van der Waals surface area contributed by atoms with Crippen molar-refractivity contribution in [2.24, 2.45) is 5.73 Å². The Balaban J connectivity index is 2.01. The van der Waals surface area contributed by atoms with Crippen LogP contribution in [0.3, 0.4) is 0 Å². The molecule has 0 aromatic heterocycles. The standard InChI is InChI=1S/C10H16F4N2/c11-9(12)10(13,14)5-16-7-1-2-8(16)4-6(15)3-7/h6-9H,1-5,15H2. The number of piperidine rings is 1. The van der Waals surface area contributed by atoms with Gasteiger partial charge in [0.2, 0.25) is 0 Å². The van der Waals surface area contributed by atoms with Gasteiger partial charge in [-0.2, -0.15) is 8.78 Å². The Labute approximate surface area is 91.8 Å². The molecule has 2 heterocycles. The first-order chi connectivity index (χ1) is 7.40. The van der Waals surface area contributed by atoms with Crippen LogP contribution in [0.5, 0.6) is 0 Å². The average Bonchev–Trinajstić information content (AvgIpc) is 2.43. The van der Waals surface area contributed by atoms with E-state index in [1.807, 2.05) is 0 Å². The molecule has 2 unspecified atom stereocenters. The fourth-order valence-electron chi connectivity index (χ4n) is 2.89. The second kappa shape index (κ2) is 4.14. The van der Waals surface area contributed by atoms with E-state index in [0.717, 1.165) is 12.8 Å². The number of fused-ring (bicyclic) bond motifs is 2. The third kappa shape index (κ3) is 2.18. The largest absolute Gasteiger partial charge is 0.328 e. The maximum Gasteiger partial charge on any atom is 0.319 e. The Morgan fingerprint density at radius 3 is 2.12 bits per heavy atom. The topological polar surface area (TPSA) is 29.3 Å². The molecular formula is C10H16F4N2. The van der Waals surface area contributed by atoms with Crippen LogP contribution in [0.2, 0.25) is 0 Å². The fraction of sp³-hybridized carbons (Fsp3) is 1.00. The lowest BCUT2D eigenvalue weighted by atomic mass is 9.98. The Hall–Kier alpha value is -0.360. The molecule has 0 spiro atoms. The molecule has 2 bridgehead atoms. The summed E-state index contributed by atoms with van der Waals surface area (Å²) in [6.07, 6.45) is -0.677. The third-order valence-corrected chi connectivity index (χ3v) is 3.63. The highest BCUT2D eigenvalue weighted by Crippen LogP contribution is 2.37. The van der Waals surface area contributed by atoms with Crippen LogP contribution in [-0.2, 0) is 0 Å². The zero-order valence-corrected chi connectivity index (χ0v) is 8.88. The maximum atomic E-state index is 13.0. The van der Waals surface area contributed by atoms with E-state index >= 15 is 0 Å². The predicted octanol–water partition coefficient (Wildman–Crippen LogP) is 1.84. The van der Waals surface area contributed by atoms with Crippen molar-refractivity contribution in [1.82, 2.24) is 4.90 Å². The minimum absolute atomic E-state index is 0.0293. The first-order valence-corrected chi connectivity index (χ1v) is 5.57. The SMILES string of the molecule is NC1CC2CCC(C1)N2CC(F)(F)C(F)F. The van der Waals surface area contributed by atoms with Gasteiger partial charge in [0.1, 0.15) is 0 Å². The molecule has 2 saturated heterocycles. The Bertz CT molecular complexity index is 245. The van der Waals surface area contributed by atoms with Crippen LogP contribution < -0.4 is 5.73 Å². The van der Waals surface area contributed by atoms with Gasteiger partial charge in [0.15, 0.2) is 0 Å². The van der Waals surface area contributed by atoms with Gasteiger partial charge in [-0.05, 0) is 25.7 Å². The Morgan fingerprint density at radius 1 is 1.19 bits per heavy atom. The van der Waals surface area contributed by atoms with Gasteiger partial charge in [-0.25, -0.2) is 8.78 Å². The molecule has 2 aliphatic rings. The van der Waals surface area contributed by atoms with E-state index in [1.54, 1.807) is 0 Å². The van der Waals surface area contributed by atoms with E-state index in [9.17, 15) is 17.6 Å². The monoisotopic (exact) mass is 240 g/mol. The molecule has 2 aliphatic heterocycles. The van der Waals surface area contributed by atoms with Crippen LogP contribution in [0.15, 0.2) is 0 Å². The summed E-state index contributed by atoms with van der Waals surface area (Å²) in [7, 11) is 0. The van der Waals surface area contributed by atoms with Crippen LogP contribution >= 0.6 is 0 Å². The summed E-state index contributed by atoms with van der Waals surface area (Å²) in [4.78, 5) is 1.54. The lowest BCUT2D eigenvalue weighted by molar-refractivity contribution is -0.150. The molecule has 94 valence electrons. The molecule has 0 aromatic rings. The first-order valence-electron chi connectivity index (χ1n) is 5.57. The van der Waals surface area contributed by atoms with Crippen molar-refractivity contribution in [3.63, 3.8) is 0 Å². The number of nitrogens with zero attached hydrogens (tertiary/aromatic N) is 1. The number of hydrogen-bond acceptors (Lipinski definition) is 2. The number of halogens is 4. The highest BCUT2D eigenvalue weighted by Gasteiger charge is 2.48. The second-order valence-electron chi connectivity index (χ2n) is 4.85. The summed E-state index contributed by atoms with van der Waals surface area (Å²) in [5, 5.41) is 0. The molecule has 2 N–H and O–H groups in total. The summed E-state index contributed by atoms with van der Waals surface area (Å²) in [5.41, 5.74) is 5.78. The summed E-state index contributed by atoms with van der Waals surface area (Å²) in [6.45, 7) is -0.827. The van der Waals surface area contributed by atoms with Crippen LogP contribution in [0.25, 0.3) is 0 Å². The maximum absolute atomic E-state index is 13.0. The van der Waals surface area contributed by atoms with Gasteiger partial charge in [0, 0.05) is 18.1 Å². The van der Waals surface area contributed by atoms with Gasteiger partial charge in [0.25, 0.3) is 0 Å². The zero-order valence-electron chi connectivity index (χ0n) is 8.88. The van der Waals surface area contributed by atoms with E-state index in [1.165, 1.54) is 4.90 Å². The molecule has 2 nitrogen and oxygen atoms in total. The second-order valence-corrected chi connectivity index (χ2v) is 4.85. The molecule has 2 fully saturated rings. The fourth-order valence-corrected chi connectivity index (χ4v) is 2.89. The van der Waals surface area contributed by atoms with Gasteiger partial charge >= 0.3 is 12.3 Å². The van der Waals surface area contributed by atoms with Crippen molar-refractivity contribution in [2.75, 3.05) is 6.54 Å². The molecule has 0 aliphatic carbocycles. The molecule has 0 aromatic carbocycles. The van der Waals surface area contributed by atoms with Crippen LogP contribution in [0, 0.1) is 0 Å². The number of alkyl halides is 4. The predicted molar refractivity (Wildman–Crippen MR) is 51.7 cm³/mol. The molecular weight excluding hydrogens is 224 g/mol. The van der Waals surface area contributed by atoms with Crippen molar-refractivity contribution >= 4 is 0 Å². The molecule has 0 radical (unpaired) electrons. The van der Waals surface area contributed by atoms with E-state index < -0.39 is 18.9 Å². The normalized spacial score (nSPS) is 36.0. The quantitative estimate of drug-likeness (QED) is 0.763. The van der Waals surface area contributed by atoms with Gasteiger partial charge in [-0.3, -0.25) is 4.90 Å². The third-order valence-electron chi connectivity index (χ3n) is 3.63. The van der Waals surface area contributed by atoms with Gasteiger partial charge in [-0.1, -0.05) is 0 Å². The summed E-state index contributed by atoms with van der Waals surface area (Å²) >= 11 is 0. The van der Waals surface area contributed by atoms with Crippen LogP contribution in [-0.4, -0.2) is 41.9 Å². The van der Waals surface area contributed by atoms with Gasteiger partial charge < -0.3 is 5.73 Å². The summed E-state index contributed by atoms with van der Waals surface area (Å²) in [5.74, 6) is -3.90. The highest BCUT2D eigenvalue weighted by atomic mass is 19.3. The van der Waals surface area contributed by atoms with E-state index in [0.29, 0.717) is 12.8 Å². The molecule has 2 rings (SSSR count). The molecule has 2 atom stereocenters. The highest BCUT2D eigenvalue weighted by molar-refractivity contribution is 4.98. The Kier molecular flexibility index (Phi) is 3.13. The number of rotatable bonds is 3. The van der Waals surface area contributed by atoms with Crippen molar-refractivity contribution in [3.8, 4) is 0 Å². The average molecular weight is 240 g/mol. The lowest BCUT2D eigenvalue weighted by Crippen LogP contribution is -2.52. The summed E-state index contributed by atoms with van der Waals surface area (Å²) < 4.78 is 50.2. The number of nitrogens with two attached hydrogens (primary N) is 1. The van der Waals surface area contributed by atoms with Gasteiger partial charge in [-0.15, -0.1) is 0 Å². The molecule has 0 amide bonds. The minimum atomic E-state index is -3.90. The molecule has 6 heteroatoms. The molecule has 16 heavy (non-hydrogen) atoms.